The number of thioether (sulfide) groups is 1. The van der Waals surface area contributed by atoms with Crippen LogP contribution in [-0.4, -0.2) is 71.7 Å². The summed E-state index contributed by atoms with van der Waals surface area (Å²) in [5, 5.41) is 8.98. The van der Waals surface area contributed by atoms with E-state index in [1.54, 1.807) is 6.92 Å². The predicted octanol–water partition coefficient (Wildman–Crippen LogP) is 0.661. The van der Waals surface area contributed by atoms with E-state index >= 15 is 0 Å². The minimum Gasteiger partial charge on any atom is -0.462 e. The van der Waals surface area contributed by atoms with E-state index in [1.807, 2.05) is 0 Å². The van der Waals surface area contributed by atoms with Crippen molar-refractivity contribution in [2.75, 3.05) is 38.7 Å². The predicted molar refractivity (Wildman–Crippen MR) is 91.8 cm³/mol. The Bertz CT molecular complexity index is 516. The van der Waals surface area contributed by atoms with Crippen molar-refractivity contribution in [3.05, 3.63) is 10.1 Å². The Balaban J connectivity index is 2.32. The molecule has 0 aromatic heterocycles. The summed E-state index contributed by atoms with van der Waals surface area (Å²) in [6, 6.07) is -0.620. The molecular formula is C15H24N2O8S. The number of hydrogen-bond donors (Lipinski definition) is 0. The van der Waals surface area contributed by atoms with Crippen molar-refractivity contribution < 1.29 is 33.8 Å². The molecule has 0 aromatic rings. The van der Waals surface area contributed by atoms with Gasteiger partial charge in [0, 0.05) is 25.1 Å². The molecule has 1 aliphatic heterocycles. The van der Waals surface area contributed by atoms with Crippen molar-refractivity contribution in [3.63, 3.8) is 0 Å². The second-order valence-electron chi connectivity index (χ2n) is 5.73. The van der Waals surface area contributed by atoms with Gasteiger partial charge >= 0.3 is 5.97 Å². The normalized spacial score (nSPS) is 17.6. The third kappa shape index (κ3) is 8.00. The average molecular weight is 392 g/mol. The first-order valence-corrected chi connectivity index (χ1v) is 9.27. The molecule has 1 aliphatic rings. The van der Waals surface area contributed by atoms with Crippen LogP contribution < -0.4 is 0 Å². The molecule has 0 saturated carbocycles. The first kappa shape index (κ1) is 22.2. The molecule has 1 rings (SSSR count). The van der Waals surface area contributed by atoms with Crippen LogP contribution in [0.2, 0.25) is 0 Å². The lowest BCUT2D eigenvalue weighted by Crippen LogP contribution is -2.44. The molecule has 0 aromatic carbocycles. The maximum atomic E-state index is 12.5. The zero-order valence-corrected chi connectivity index (χ0v) is 15.7. The number of carbonyl (C=O) groups excluding carboxylic acids is 3. The van der Waals surface area contributed by atoms with Crippen LogP contribution in [0.3, 0.4) is 0 Å². The number of ether oxygens (including phenoxy) is 2. The number of rotatable bonds is 11. The molecule has 11 heteroatoms. The summed E-state index contributed by atoms with van der Waals surface area (Å²) in [5.74, 6) is -0.632. The topological polar surface area (TPSA) is 125 Å². The van der Waals surface area contributed by atoms with Crippen LogP contribution >= 0.6 is 11.8 Å². The lowest BCUT2D eigenvalue weighted by Gasteiger charge is -2.26. The molecule has 1 heterocycles. The standard InChI is InChI=1S/C15H24N2O8S/c1-11(10-26-12(2)18)14(19)16-5-3-4-13(16)15(20)24-8-6-23-7-9-25-17(21)22/h11,13H,3-10H2,1-2H3. The maximum Gasteiger partial charge on any atom is 0.328 e. The fourth-order valence-electron chi connectivity index (χ4n) is 2.44. The molecule has 10 nitrogen and oxygen atoms in total. The molecule has 2 unspecified atom stereocenters. The van der Waals surface area contributed by atoms with E-state index in [9.17, 15) is 24.5 Å². The van der Waals surface area contributed by atoms with Gasteiger partial charge in [-0.3, -0.25) is 9.59 Å². The molecule has 1 saturated heterocycles. The molecule has 0 bridgehead atoms. The van der Waals surface area contributed by atoms with Gasteiger partial charge in [0.1, 0.15) is 19.3 Å². The Morgan fingerprint density at radius 3 is 2.62 bits per heavy atom. The number of likely N-dealkylation sites (tertiary alicyclic amines) is 1. The molecule has 148 valence electrons. The minimum absolute atomic E-state index is 0.00836. The van der Waals surface area contributed by atoms with Crippen LogP contribution in [0.25, 0.3) is 0 Å². The molecule has 0 aliphatic carbocycles. The molecule has 0 spiro atoms. The zero-order chi connectivity index (χ0) is 19.5. The number of esters is 1. The van der Waals surface area contributed by atoms with Crippen LogP contribution in [-0.2, 0) is 28.7 Å². The monoisotopic (exact) mass is 392 g/mol. The van der Waals surface area contributed by atoms with Crippen molar-refractivity contribution >= 4 is 28.8 Å². The van der Waals surface area contributed by atoms with Gasteiger partial charge in [0.25, 0.3) is 5.09 Å². The number of hydrogen-bond acceptors (Lipinski definition) is 9. The smallest absolute Gasteiger partial charge is 0.328 e. The Hall–Kier alpha value is -1.88. The average Bonchev–Trinajstić information content (AvgIpc) is 3.07. The van der Waals surface area contributed by atoms with Crippen LogP contribution in [0, 0.1) is 16.0 Å². The third-order valence-corrected chi connectivity index (χ3v) is 4.74. The quantitative estimate of drug-likeness (QED) is 0.216. The van der Waals surface area contributed by atoms with E-state index in [1.165, 1.54) is 11.8 Å². The fourth-order valence-corrected chi connectivity index (χ4v) is 3.07. The summed E-state index contributed by atoms with van der Waals surface area (Å²) in [4.78, 5) is 51.2. The van der Waals surface area contributed by atoms with Gasteiger partial charge in [-0.15, -0.1) is 10.1 Å². The summed E-state index contributed by atoms with van der Waals surface area (Å²) >= 11 is 1.09. The van der Waals surface area contributed by atoms with Crippen molar-refractivity contribution in [1.82, 2.24) is 4.90 Å². The first-order valence-electron chi connectivity index (χ1n) is 8.28. The van der Waals surface area contributed by atoms with Crippen molar-refractivity contribution in [1.29, 1.82) is 0 Å². The second-order valence-corrected chi connectivity index (χ2v) is 6.93. The second kappa shape index (κ2) is 11.7. The van der Waals surface area contributed by atoms with E-state index in [-0.39, 0.29) is 43.4 Å². The van der Waals surface area contributed by atoms with E-state index in [0.29, 0.717) is 25.1 Å². The highest BCUT2D eigenvalue weighted by Crippen LogP contribution is 2.22. The minimum atomic E-state index is -0.912. The van der Waals surface area contributed by atoms with E-state index in [0.717, 1.165) is 11.8 Å². The highest BCUT2D eigenvalue weighted by Gasteiger charge is 2.36. The van der Waals surface area contributed by atoms with Crippen LogP contribution in [0.5, 0.6) is 0 Å². The molecule has 26 heavy (non-hydrogen) atoms. The Kier molecular flexibility index (Phi) is 9.96. The van der Waals surface area contributed by atoms with Crippen molar-refractivity contribution in [2.45, 2.75) is 32.7 Å². The van der Waals surface area contributed by atoms with E-state index in [2.05, 4.69) is 4.84 Å². The molecule has 2 atom stereocenters. The summed E-state index contributed by atoms with van der Waals surface area (Å²) < 4.78 is 10.2. The highest BCUT2D eigenvalue weighted by molar-refractivity contribution is 8.13. The van der Waals surface area contributed by atoms with Gasteiger partial charge in [0.2, 0.25) is 5.91 Å². The lowest BCUT2D eigenvalue weighted by atomic mass is 10.1. The summed E-state index contributed by atoms with van der Waals surface area (Å²) in [6.45, 7) is 3.57. The number of carbonyl (C=O) groups is 3. The van der Waals surface area contributed by atoms with Gasteiger partial charge in [0.05, 0.1) is 13.2 Å². The van der Waals surface area contributed by atoms with Crippen molar-refractivity contribution in [2.24, 2.45) is 5.92 Å². The molecule has 1 amide bonds. The Morgan fingerprint density at radius 1 is 1.27 bits per heavy atom. The Labute approximate surface area is 155 Å². The molecular weight excluding hydrogens is 368 g/mol. The third-order valence-electron chi connectivity index (χ3n) is 3.66. The lowest BCUT2D eigenvalue weighted by molar-refractivity contribution is -0.758. The summed E-state index contributed by atoms with van der Waals surface area (Å²) in [5.41, 5.74) is 0. The number of amides is 1. The molecule has 0 radical (unpaired) electrons. The summed E-state index contributed by atoms with van der Waals surface area (Å²) in [7, 11) is 0. The van der Waals surface area contributed by atoms with Crippen LogP contribution in [0.1, 0.15) is 26.7 Å². The fraction of sp³-hybridized carbons (Fsp3) is 0.800. The molecule has 0 N–H and O–H groups in total. The summed E-state index contributed by atoms with van der Waals surface area (Å²) in [6.07, 6.45) is 1.25. The van der Waals surface area contributed by atoms with Crippen molar-refractivity contribution in [3.8, 4) is 0 Å². The van der Waals surface area contributed by atoms with Crippen LogP contribution in [0.4, 0.5) is 0 Å². The number of nitrogens with zero attached hydrogens (tertiary/aromatic N) is 2. The molecule has 1 fully saturated rings. The van der Waals surface area contributed by atoms with Gasteiger partial charge in [0.15, 0.2) is 5.12 Å². The van der Waals surface area contributed by atoms with Gasteiger partial charge in [-0.25, -0.2) is 4.79 Å². The largest absolute Gasteiger partial charge is 0.462 e. The van der Waals surface area contributed by atoms with Gasteiger partial charge in [-0.05, 0) is 12.8 Å². The SMILES string of the molecule is CC(=O)SCC(C)C(=O)N1CCCC1C(=O)OCCOCCO[N+](=O)[O-]. The zero-order valence-electron chi connectivity index (χ0n) is 14.9. The van der Waals surface area contributed by atoms with Gasteiger partial charge in [-0.1, -0.05) is 18.7 Å². The van der Waals surface area contributed by atoms with E-state index < -0.39 is 17.1 Å². The first-order chi connectivity index (χ1) is 12.3. The van der Waals surface area contributed by atoms with Gasteiger partial charge in [-0.2, -0.15) is 0 Å². The maximum absolute atomic E-state index is 12.5. The Morgan fingerprint density at radius 2 is 1.96 bits per heavy atom. The highest BCUT2D eigenvalue weighted by atomic mass is 32.2. The van der Waals surface area contributed by atoms with Crippen LogP contribution in [0.15, 0.2) is 0 Å². The van der Waals surface area contributed by atoms with Gasteiger partial charge < -0.3 is 19.2 Å². The van der Waals surface area contributed by atoms with E-state index in [4.69, 9.17) is 9.47 Å².